The number of rotatable bonds is 3. The third-order valence-corrected chi connectivity index (χ3v) is 3.46. The Labute approximate surface area is 151 Å². The lowest BCUT2D eigenvalue weighted by atomic mass is 10.2. The lowest BCUT2D eigenvalue weighted by Crippen LogP contribution is -2.50. The van der Waals surface area contributed by atoms with E-state index in [-0.39, 0.29) is 16.4 Å². The van der Waals surface area contributed by atoms with Gasteiger partial charge in [0, 0.05) is 22.8 Å². The summed E-state index contributed by atoms with van der Waals surface area (Å²) >= 11 is 11.8. The van der Waals surface area contributed by atoms with Gasteiger partial charge in [0.25, 0.3) is 5.69 Å². The van der Waals surface area contributed by atoms with Gasteiger partial charge in [-0.2, -0.15) is 5.01 Å². The summed E-state index contributed by atoms with van der Waals surface area (Å²) < 4.78 is 0. The van der Waals surface area contributed by atoms with Gasteiger partial charge in [-0.1, -0.05) is 23.2 Å². The van der Waals surface area contributed by atoms with Crippen LogP contribution in [-0.4, -0.2) is 17.0 Å². The Bertz CT molecular complexity index is 828. The molecule has 0 aliphatic carbocycles. The van der Waals surface area contributed by atoms with Crippen molar-refractivity contribution in [1.82, 2.24) is 5.43 Å². The van der Waals surface area contributed by atoms with Crippen LogP contribution in [0.3, 0.4) is 0 Å². The van der Waals surface area contributed by atoms with Crippen molar-refractivity contribution < 1.29 is 14.5 Å². The molecule has 0 unspecified atom stereocenters. The van der Waals surface area contributed by atoms with Gasteiger partial charge in [0.05, 0.1) is 15.6 Å². The second-order valence-electron chi connectivity index (χ2n) is 4.64. The van der Waals surface area contributed by atoms with Crippen LogP contribution in [-0.2, 0) is 0 Å². The predicted molar refractivity (Wildman–Crippen MR) is 93.8 cm³/mol. The Kier molecular flexibility index (Phi) is 5.63. The lowest BCUT2D eigenvalue weighted by Gasteiger charge is -2.23. The molecule has 0 bridgehead atoms. The zero-order valence-electron chi connectivity index (χ0n) is 12.4. The molecule has 0 aliphatic heterocycles. The molecule has 130 valence electrons. The summed E-state index contributed by atoms with van der Waals surface area (Å²) in [6, 6.07) is 7.76. The number of non-ortho nitro benzene ring substituents is 1. The maximum Gasteiger partial charge on any atom is 0.345 e. The van der Waals surface area contributed by atoms with Crippen LogP contribution in [0.4, 0.5) is 26.7 Å². The number of primary amides is 1. The van der Waals surface area contributed by atoms with Crippen molar-refractivity contribution in [3.05, 3.63) is 62.6 Å². The molecule has 2 aromatic rings. The smallest absolute Gasteiger partial charge is 0.345 e. The number of nitrogens with two attached hydrogens (primary N) is 1. The molecule has 25 heavy (non-hydrogen) atoms. The number of hydrogen-bond donors (Lipinski definition) is 3. The molecule has 0 atom stereocenters. The Morgan fingerprint density at radius 3 is 2.28 bits per heavy atom. The normalized spacial score (nSPS) is 10.0. The van der Waals surface area contributed by atoms with E-state index in [1.165, 1.54) is 6.07 Å². The first kappa shape index (κ1) is 18.3. The summed E-state index contributed by atoms with van der Waals surface area (Å²) in [5.74, 6) is 0. The highest BCUT2D eigenvalue weighted by atomic mass is 35.5. The number of carbonyl (C=O) groups is 2. The number of halogens is 2. The van der Waals surface area contributed by atoms with Crippen molar-refractivity contribution >= 4 is 52.3 Å². The Balaban J connectivity index is 2.32. The van der Waals surface area contributed by atoms with Gasteiger partial charge in [-0.15, -0.1) is 0 Å². The van der Waals surface area contributed by atoms with E-state index in [0.29, 0.717) is 10.7 Å². The van der Waals surface area contributed by atoms with E-state index in [4.69, 9.17) is 28.9 Å². The minimum absolute atomic E-state index is 0.00229. The van der Waals surface area contributed by atoms with E-state index in [1.54, 1.807) is 24.3 Å². The molecule has 0 radical (unpaired) electrons. The zero-order valence-corrected chi connectivity index (χ0v) is 13.9. The molecule has 11 heteroatoms. The third kappa shape index (κ3) is 4.72. The first-order valence-electron chi connectivity index (χ1n) is 6.64. The molecule has 2 aromatic carbocycles. The number of nitrogens with one attached hydrogen (secondary N) is 2. The zero-order chi connectivity index (χ0) is 18.6. The first-order chi connectivity index (χ1) is 11.8. The second-order valence-corrected chi connectivity index (χ2v) is 5.48. The predicted octanol–water partition coefficient (Wildman–Crippen LogP) is 3.52. The van der Waals surface area contributed by atoms with E-state index >= 15 is 0 Å². The summed E-state index contributed by atoms with van der Waals surface area (Å²) in [7, 11) is 0. The number of nitro groups is 1. The number of benzene rings is 2. The van der Waals surface area contributed by atoms with E-state index < -0.39 is 17.0 Å². The van der Waals surface area contributed by atoms with E-state index in [1.807, 2.05) is 0 Å². The van der Waals surface area contributed by atoms with Gasteiger partial charge in [-0.25, -0.2) is 15.0 Å². The van der Waals surface area contributed by atoms with Gasteiger partial charge < -0.3 is 11.1 Å². The van der Waals surface area contributed by atoms with Gasteiger partial charge in [0.1, 0.15) is 0 Å². The van der Waals surface area contributed by atoms with Crippen LogP contribution in [0.25, 0.3) is 0 Å². The fourth-order valence-electron chi connectivity index (χ4n) is 1.83. The van der Waals surface area contributed by atoms with E-state index in [2.05, 4.69) is 10.7 Å². The summed E-state index contributed by atoms with van der Waals surface area (Å²) in [6.45, 7) is 0. The molecule has 0 spiro atoms. The highest BCUT2D eigenvalue weighted by Crippen LogP contribution is 2.29. The second kappa shape index (κ2) is 7.69. The molecular formula is C14H11Cl2N5O4. The highest BCUT2D eigenvalue weighted by Gasteiger charge is 2.22. The van der Waals surface area contributed by atoms with Crippen molar-refractivity contribution in [1.29, 1.82) is 0 Å². The number of carbonyl (C=O) groups excluding carboxylic acids is 2. The maximum absolute atomic E-state index is 12.4. The maximum atomic E-state index is 12.4. The number of nitro benzene ring substituents is 1. The average molecular weight is 384 g/mol. The molecule has 9 nitrogen and oxygen atoms in total. The molecule has 4 amide bonds. The van der Waals surface area contributed by atoms with Crippen LogP contribution >= 0.6 is 23.2 Å². The van der Waals surface area contributed by atoms with Gasteiger partial charge in [0.15, 0.2) is 0 Å². The molecule has 0 aliphatic rings. The molecule has 0 saturated carbocycles. The topological polar surface area (TPSA) is 131 Å². The summed E-state index contributed by atoms with van der Waals surface area (Å²) in [5.41, 5.74) is 7.28. The standard InChI is InChI=1S/C14H11Cl2N5O4/c15-8-1-3-9(4-2-8)18-14(23)20(19-13(17)22)12-6-5-10(21(24)25)7-11(12)16/h1-7H,(H,18,23)(H3,17,19,22). The van der Waals surface area contributed by atoms with Crippen LogP contribution < -0.4 is 21.5 Å². The van der Waals surface area contributed by atoms with Crippen LogP contribution in [0, 0.1) is 10.1 Å². The monoisotopic (exact) mass is 383 g/mol. The molecule has 4 N–H and O–H groups in total. The van der Waals surface area contributed by atoms with E-state index in [9.17, 15) is 19.7 Å². The SMILES string of the molecule is NC(=O)NN(C(=O)Nc1ccc(Cl)cc1)c1ccc([N+](=O)[O-])cc1Cl. The minimum atomic E-state index is -1.03. The van der Waals surface area contributed by atoms with Crippen LogP contribution in [0.5, 0.6) is 0 Å². The summed E-state index contributed by atoms with van der Waals surface area (Å²) in [5, 5.41) is 14.4. The van der Waals surface area contributed by atoms with Gasteiger partial charge in [-0.3, -0.25) is 10.1 Å². The van der Waals surface area contributed by atoms with Crippen molar-refractivity contribution in [3.8, 4) is 0 Å². The Hall–Kier alpha value is -3.04. The van der Waals surface area contributed by atoms with Crippen molar-refractivity contribution in [2.45, 2.75) is 0 Å². The van der Waals surface area contributed by atoms with Crippen LogP contribution in [0.15, 0.2) is 42.5 Å². The first-order valence-corrected chi connectivity index (χ1v) is 7.40. The van der Waals surface area contributed by atoms with Gasteiger partial charge in [0.2, 0.25) is 0 Å². The molecule has 0 saturated heterocycles. The van der Waals surface area contributed by atoms with Crippen LogP contribution in [0.1, 0.15) is 0 Å². The summed E-state index contributed by atoms with van der Waals surface area (Å²) in [6.07, 6.45) is 0. The number of hydrazine groups is 1. The molecule has 0 heterocycles. The number of hydrogen-bond acceptors (Lipinski definition) is 4. The molecular weight excluding hydrogens is 373 g/mol. The Morgan fingerprint density at radius 1 is 1.12 bits per heavy atom. The molecule has 0 aromatic heterocycles. The molecule has 0 fully saturated rings. The lowest BCUT2D eigenvalue weighted by molar-refractivity contribution is -0.384. The third-order valence-electron chi connectivity index (χ3n) is 2.90. The molecule has 2 rings (SSSR count). The number of amides is 4. The number of anilines is 2. The van der Waals surface area contributed by atoms with Gasteiger partial charge >= 0.3 is 12.1 Å². The van der Waals surface area contributed by atoms with Crippen LogP contribution in [0.2, 0.25) is 10.0 Å². The number of urea groups is 2. The number of nitrogens with zero attached hydrogens (tertiary/aromatic N) is 2. The Morgan fingerprint density at radius 2 is 1.76 bits per heavy atom. The van der Waals surface area contributed by atoms with Crippen molar-refractivity contribution in [2.75, 3.05) is 10.3 Å². The minimum Gasteiger partial charge on any atom is -0.350 e. The highest BCUT2D eigenvalue weighted by molar-refractivity contribution is 6.34. The largest absolute Gasteiger partial charge is 0.350 e. The summed E-state index contributed by atoms with van der Waals surface area (Å²) in [4.78, 5) is 33.7. The quantitative estimate of drug-likeness (QED) is 0.552. The van der Waals surface area contributed by atoms with Crippen molar-refractivity contribution in [3.63, 3.8) is 0 Å². The average Bonchev–Trinajstić information content (AvgIpc) is 2.54. The van der Waals surface area contributed by atoms with Crippen molar-refractivity contribution in [2.24, 2.45) is 5.73 Å². The fraction of sp³-hybridized carbons (Fsp3) is 0. The van der Waals surface area contributed by atoms with Gasteiger partial charge in [-0.05, 0) is 30.3 Å². The van der Waals surface area contributed by atoms with E-state index in [0.717, 1.165) is 17.1 Å². The fourth-order valence-corrected chi connectivity index (χ4v) is 2.22.